The number of hydrogen-bond acceptors (Lipinski definition) is 5. The Morgan fingerprint density at radius 3 is 2.77 bits per heavy atom. The van der Waals surface area contributed by atoms with Gasteiger partial charge in [0.15, 0.2) is 0 Å². The molecule has 3 aromatic rings. The first kappa shape index (κ1) is 16.8. The second-order valence-electron chi connectivity index (χ2n) is 6.81. The molecule has 0 saturated carbocycles. The Morgan fingerprint density at radius 1 is 1.12 bits per heavy atom. The van der Waals surface area contributed by atoms with Crippen molar-refractivity contribution in [1.82, 2.24) is 14.7 Å². The summed E-state index contributed by atoms with van der Waals surface area (Å²) >= 11 is 0. The molecular weight excluding hydrogens is 330 g/mol. The van der Waals surface area contributed by atoms with Gasteiger partial charge in [-0.05, 0) is 35.7 Å². The topological polar surface area (TPSA) is 78.6 Å². The van der Waals surface area contributed by atoms with Crippen LogP contribution in [-0.2, 0) is 19.5 Å². The number of aromatic hydroxyl groups is 1. The summed E-state index contributed by atoms with van der Waals surface area (Å²) in [6, 6.07) is 12.9. The van der Waals surface area contributed by atoms with Gasteiger partial charge in [-0.25, -0.2) is 4.68 Å². The van der Waals surface area contributed by atoms with Crippen LogP contribution in [0.1, 0.15) is 11.1 Å². The fourth-order valence-electron chi connectivity index (χ4n) is 3.57. The molecule has 26 heavy (non-hydrogen) atoms. The van der Waals surface area contributed by atoms with E-state index in [1.165, 1.54) is 27.9 Å². The molecule has 0 aliphatic carbocycles. The van der Waals surface area contributed by atoms with Crippen LogP contribution in [0, 0.1) is 0 Å². The van der Waals surface area contributed by atoms with Crippen LogP contribution in [0.15, 0.2) is 53.5 Å². The van der Waals surface area contributed by atoms with Crippen molar-refractivity contribution in [1.29, 1.82) is 0 Å². The van der Waals surface area contributed by atoms with E-state index in [9.17, 15) is 15.0 Å². The predicted molar refractivity (Wildman–Crippen MR) is 99.1 cm³/mol. The van der Waals surface area contributed by atoms with E-state index < -0.39 is 6.10 Å². The number of aromatic nitrogens is 2. The number of aliphatic hydroxyl groups excluding tert-OH is 1. The first-order valence-corrected chi connectivity index (χ1v) is 8.76. The molecule has 1 aliphatic heterocycles. The lowest BCUT2D eigenvalue weighted by atomic mass is 10.00. The number of nitrogens with zero attached hydrogens (tertiary/aromatic N) is 3. The third kappa shape index (κ3) is 3.34. The fraction of sp³-hybridized carbons (Fsp3) is 0.300. The smallest absolute Gasteiger partial charge is 0.274 e. The Labute approximate surface area is 150 Å². The van der Waals surface area contributed by atoms with Gasteiger partial charge in [0, 0.05) is 25.0 Å². The van der Waals surface area contributed by atoms with Crippen LogP contribution >= 0.6 is 0 Å². The predicted octanol–water partition coefficient (Wildman–Crippen LogP) is 1.52. The lowest BCUT2D eigenvalue weighted by Crippen LogP contribution is -2.40. The van der Waals surface area contributed by atoms with E-state index in [2.05, 4.69) is 28.2 Å². The van der Waals surface area contributed by atoms with Crippen LogP contribution in [0.5, 0.6) is 5.75 Å². The van der Waals surface area contributed by atoms with Gasteiger partial charge >= 0.3 is 0 Å². The number of aliphatic hydroxyl groups is 1. The summed E-state index contributed by atoms with van der Waals surface area (Å²) in [5.74, 6) is 0.0989. The lowest BCUT2D eigenvalue weighted by Gasteiger charge is -2.30. The first-order chi connectivity index (χ1) is 12.6. The summed E-state index contributed by atoms with van der Waals surface area (Å²) in [5, 5.41) is 25.2. The zero-order chi connectivity index (χ0) is 18.1. The molecule has 0 spiro atoms. The van der Waals surface area contributed by atoms with Crippen molar-refractivity contribution < 1.29 is 10.2 Å². The molecular formula is C20H21N3O3. The number of phenols is 1. The molecule has 0 amide bonds. The normalized spacial score (nSPS) is 15.7. The molecule has 2 N–H and O–H groups in total. The van der Waals surface area contributed by atoms with Gasteiger partial charge in [-0.15, -0.1) is 0 Å². The van der Waals surface area contributed by atoms with E-state index in [4.69, 9.17) is 0 Å². The minimum Gasteiger partial charge on any atom is -0.508 e. The molecule has 6 nitrogen and oxygen atoms in total. The average molecular weight is 351 g/mol. The van der Waals surface area contributed by atoms with Gasteiger partial charge in [0.25, 0.3) is 5.56 Å². The highest BCUT2D eigenvalue weighted by molar-refractivity contribution is 5.81. The minimum absolute atomic E-state index is 0.0989. The van der Waals surface area contributed by atoms with Crippen LogP contribution < -0.4 is 5.56 Å². The summed E-state index contributed by atoms with van der Waals surface area (Å²) in [6.07, 6.45) is 1.83. The van der Waals surface area contributed by atoms with Crippen LogP contribution in [-0.4, -0.2) is 44.1 Å². The molecule has 0 fully saturated rings. The van der Waals surface area contributed by atoms with Gasteiger partial charge in [-0.2, -0.15) is 5.10 Å². The molecule has 2 aromatic carbocycles. The number of fused-ring (bicyclic) bond motifs is 2. The number of rotatable bonds is 4. The molecule has 4 rings (SSSR count). The highest BCUT2D eigenvalue weighted by Crippen LogP contribution is 2.19. The number of β-amino-alcohol motifs (C(OH)–C–C–N with tert-alkyl or cyclic N) is 1. The van der Waals surface area contributed by atoms with Crippen molar-refractivity contribution in [3.05, 3.63) is 70.1 Å². The van der Waals surface area contributed by atoms with Gasteiger partial charge in [0.05, 0.1) is 24.2 Å². The maximum atomic E-state index is 12.5. The Balaban J connectivity index is 1.46. The largest absolute Gasteiger partial charge is 0.508 e. The summed E-state index contributed by atoms with van der Waals surface area (Å²) in [6.45, 7) is 2.35. The molecule has 134 valence electrons. The Morgan fingerprint density at radius 2 is 1.92 bits per heavy atom. The quantitative estimate of drug-likeness (QED) is 0.745. The van der Waals surface area contributed by atoms with Crippen molar-refractivity contribution in [2.75, 3.05) is 13.1 Å². The third-order valence-electron chi connectivity index (χ3n) is 4.90. The van der Waals surface area contributed by atoms with E-state index in [-0.39, 0.29) is 17.9 Å². The van der Waals surface area contributed by atoms with E-state index in [0.717, 1.165) is 19.5 Å². The molecule has 1 aromatic heterocycles. The number of phenolic OH excluding ortho intramolecular Hbond substituents is 1. The SMILES string of the molecule is O=c1c2ccc(O)cc2cnn1C[C@H](O)CN1CCc2ccccc2C1. The maximum absolute atomic E-state index is 12.5. The van der Waals surface area contributed by atoms with Gasteiger partial charge < -0.3 is 10.2 Å². The van der Waals surface area contributed by atoms with Crippen molar-refractivity contribution >= 4 is 10.8 Å². The summed E-state index contributed by atoms with van der Waals surface area (Å²) in [7, 11) is 0. The molecule has 0 unspecified atom stereocenters. The number of benzene rings is 2. The highest BCUT2D eigenvalue weighted by atomic mass is 16.3. The van der Waals surface area contributed by atoms with Crippen LogP contribution in [0.4, 0.5) is 0 Å². The monoisotopic (exact) mass is 351 g/mol. The Bertz CT molecular complexity index is 999. The van der Waals surface area contributed by atoms with Crippen LogP contribution in [0.3, 0.4) is 0 Å². The average Bonchev–Trinajstić information content (AvgIpc) is 2.64. The second-order valence-corrected chi connectivity index (χ2v) is 6.81. The first-order valence-electron chi connectivity index (χ1n) is 8.76. The molecule has 0 radical (unpaired) electrons. The van der Waals surface area contributed by atoms with Gasteiger partial charge in [-0.1, -0.05) is 24.3 Å². The lowest BCUT2D eigenvalue weighted by molar-refractivity contribution is 0.0878. The van der Waals surface area contributed by atoms with E-state index in [1.807, 2.05) is 6.07 Å². The van der Waals surface area contributed by atoms with Crippen molar-refractivity contribution in [2.24, 2.45) is 0 Å². The molecule has 0 saturated heterocycles. The molecule has 0 bridgehead atoms. The molecule has 1 atom stereocenters. The van der Waals surface area contributed by atoms with Crippen molar-refractivity contribution in [3.63, 3.8) is 0 Å². The van der Waals surface area contributed by atoms with Gasteiger partial charge in [0.1, 0.15) is 5.75 Å². The highest BCUT2D eigenvalue weighted by Gasteiger charge is 2.19. The second kappa shape index (κ2) is 6.90. The molecule has 6 heteroatoms. The third-order valence-corrected chi connectivity index (χ3v) is 4.90. The van der Waals surface area contributed by atoms with Crippen molar-refractivity contribution in [2.45, 2.75) is 25.6 Å². The van der Waals surface area contributed by atoms with Crippen molar-refractivity contribution in [3.8, 4) is 5.75 Å². The summed E-state index contributed by atoms with van der Waals surface area (Å²) in [5.41, 5.74) is 2.41. The Kier molecular flexibility index (Phi) is 4.44. The van der Waals surface area contributed by atoms with Crippen LogP contribution in [0.25, 0.3) is 10.8 Å². The standard InChI is InChI=1S/C20H21N3O3/c24-17-5-6-19-16(9-17)10-21-23(20(19)26)13-18(25)12-22-8-7-14-3-1-2-4-15(14)11-22/h1-6,9-10,18,24-25H,7-8,11-13H2/t18-/m1/s1. The van der Waals surface area contributed by atoms with E-state index in [1.54, 1.807) is 12.3 Å². The fourth-order valence-corrected chi connectivity index (χ4v) is 3.57. The summed E-state index contributed by atoms with van der Waals surface area (Å²) < 4.78 is 1.29. The van der Waals surface area contributed by atoms with Gasteiger partial charge in [-0.3, -0.25) is 9.69 Å². The minimum atomic E-state index is -0.681. The van der Waals surface area contributed by atoms with E-state index in [0.29, 0.717) is 17.3 Å². The van der Waals surface area contributed by atoms with Gasteiger partial charge in [0.2, 0.25) is 0 Å². The number of hydrogen-bond donors (Lipinski definition) is 2. The summed E-state index contributed by atoms with van der Waals surface area (Å²) in [4.78, 5) is 14.7. The molecule has 1 aliphatic rings. The Hall–Kier alpha value is -2.70. The van der Waals surface area contributed by atoms with Crippen LogP contribution in [0.2, 0.25) is 0 Å². The van der Waals surface area contributed by atoms with E-state index >= 15 is 0 Å². The zero-order valence-electron chi connectivity index (χ0n) is 14.4. The zero-order valence-corrected chi connectivity index (χ0v) is 14.4. The maximum Gasteiger partial charge on any atom is 0.274 e. The molecule has 2 heterocycles.